The van der Waals surface area contributed by atoms with Gasteiger partial charge in [-0.25, -0.2) is 0 Å². The van der Waals surface area contributed by atoms with Crippen LogP contribution in [0.25, 0.3) is 0 Å². The number of aryl methyl sites for hydroxylation is 2. The molecule has 3 heteroatoms. The average molecular weight is 167 g/mol. The fourth-order valence-corrected chi connectivity index (χ4v) is 1.66. The molecule has 0 radical (unpaired) electrons. The van der Waals surface area contributed by atoms with Gasteiger partial charge in [-0.1, -0.05) is 0 Å². The highest BCUT2D eigenvalue weighted by atomic mass is 15.3. The summed E-state index contributed by atoms with van der Waals surface area (Å²) in [4.78, 5) is 0. The highest BCUT2D eigenvalue weighted by Gasteiger charge is 2.22. The molecule has 0 aliphatic heterocycles. The first-order valence-electron chi connectivity index (χ1n) is 4.13. The minimum Gasteiger partial charge on any atom is -0.321 e. The van der Waals surface area contributed by atoms with E-state index in [2.05, 4.69) is 12.0 Å². The van der Waals surface area contributed by atoms with Crippen molar-refractivity contribution in [3.05, 3.63) is 17.0 Å². The Morgan fingerprint density at radius 1 is 1.33 bits per heavy atom. The number of rotatable bonds is 1. The maximum atomic E-state index is 6.01. The molecule has 0 bridgehead atoms. The van der Waals surface area contributed by atoms with Gasteiger partial charge in [-0.2, -0.15) is 5.10 Å². The molecule has 1 aromatic heterocycles. The van der Waals surface area contributed by atoms with Gasteiger partial charge in [-0.3, -0.25) is 4.68 Å². The molecule has 0 unspecified atom stereocenters. The van der Waals surface area contributed by atoms with Gasteiger partial charge in [0, 0.05) is 7.05 Å². The highest BCUT2D eigenvalue weighted by Crippen LogP contribution is 2.21. The van der Waals surface area contributed by atoms with Crippen LogP contribution in [0.15, 0.2) is 0 Å². The Kier molecular flexibility index (Phi) is 2.00. The van der Waals surface area contributed by atoms with E-state index in [0.29, 0.717) is 0 Å². The Morgan fingerprint density at radius 3 is 2.00 bits per heavy atom. The molecule has 1 rings (SSSR count). The summed E-state index contributed by atoms with van der Waals surface area (Å²) in [5.74, 6) is 0. The normalized spacial score (nSPS) is 12.2. The average Bonchev–Trinajstić information content (AvgIpc) is 2.05. The summed E-state index contributed by atoms with van der Waals surface area (Å²) in [6.45, 7) is 8.06. The van der Waals surface area contributed by atoms with Crippen molar-refractivity contribution in [1.29, 1.82) is 0 Å². The molecule has 0 fully saturated rings. The van der Waals surface area contributed by atoms with Crippen LogP contribution in [0.5, 0.6) is 0 Å². The van der Waals surface area contributed by atoms with Gasteiger partial charge in [0.1, 0.15) is 0 Å². The van der Waals surface area contributed by atoms with E-state index in [9.17, 15) is 0 Å². The summed E-state index contributed by atoms with van der Waals surface area (Å²) in [7, 11) is 1.93. The Balaban J connectivity index is 3.32. The van der Waals surface area contributed by atoms with Crippen LogP contribution in [0.4, 0.5) is 0 Å². The van der Waals surface area contributed by atoms with Crippen molar-refractivity contribution in [2.45, 2.75) is 33.2 Å². The molecule has 68 valence electrons. The zero-order valence-electron chi connectivity index (χ0n) is 8.47. The van der Waals surface area contributed by atoms with Gasteiger partial charge in [0.15, 0.2) is 0 Å². The predicted molar refractivity (Wildman–Crippen MR) is 49.9 cm³/mol. The molecule has 0 spiro atoms. The third kappa shape index (κ3) is 1.37. The van der Waals surface area contributed by atoms with E-state index in [4.69, 9.17) is 5.73 Å². The number of hydrogen-bond acceptors (Lipinski definition) is 2. The molecule has 0 amide bonds. The van der Waals surface area contributed by atoms with Gasteiger partial charge in [0.2, 0.25) is 0 Å². The summed E-state index contributed by atoms with van der Waals surface area (Å²) < 4.78 is 1.87. The molecule has 0 atom stereocenters. The van der Waals surface area contributed by atoms with E-state index in [1.54, 1.807) is 0 Å². The number of nitrogens with two attached hydrogens (primary N) is 1. The maximum absolute atomic E-state index is 6.01. The lowest BCUT2D eigenvalue weighted by Crippen LogP contribution is -2.32. The third-order valence-electron chi connectivity index (χ3n) is 2.13. The molecular formula is C9H17N3. The van der Waals surface area contributed by atoms with Crippen molar-refractivity contribution in [2.24, 2.45) is 12.8 Å². The Morgan fingerprint density at radius 2 is 1.83 bits per heavy atom. The maximum Gasteiger partial charge on any atom is 0.0626 e. The van der Waals surface area contributed by atoms with Gasteiger partial charge < -0.3 is 5.73 Å². The molecule has 0 aliphatic rings. The van der Waals surface area contributed by atoms with Gasteiger partial charge in [0.05, 0.1) is 16.9 Å². The van der Waals surface area contributed by atoms with E-state index in [1.807, 2.05) is 32.5 Å². The van der Waals surface area contributed by atoms with Gasteiger partial charge in [-0.05, 0) is 33.3 Å². The second-order valence-electron chi connectivity index (χ2n) is 3.90. The Labute approximate surface area is 73.6 Å². The van der Waals surface area contributed by atoms with Crippen LogP contribution in [0.2, 0.25) is 0 Å². The van der Waals surface area contributed by atoms with Crippen molar-refractivity contribution < 1.29 is 0 Å². The monoisotopic (exact) mass is 167 g/mol. The number of aromatic nitrogens is 2. The molecule has 1 heterocycles. The molecule has 0 saturated heterocycles. The second-order valence-corrected chi connectivity index (χ2v) is 3.90. The smallest absolute Gasteiger partial charge is 0.0626 e. The summed E-state index contributed by atoms with van der Waals surface area (Å²) in [5.41, 5.74) is 9.08. The van der Waals surface area contributed by atoms with E-state index >= 15 is 0 Å². The molecule has 1 aromatic rings. The van der Waals surface area contributed by atoms with Crippen molar-refractivity contribution in [2.75, 3.05) is 0 Å². The van der Waals surface area contributed by atoms with E-state index < -0.39 is 0 Å². The number of hydrogen-bond donors (Lipinski definition) is 1. The Bertz CT molecular complexity index is 291. The lowest BCUT2D eigenvalue weighted by Gasteiger charge is -2.20. The summed E-state index contributed by atoms with van der Waals surface area (Å²) >= 11 is 0. The van der Waals surface area contributed by atoms with Crippen LogP contribution in [0.3, 0.4) is 0 Å². The molecule has 0 aromatic carbocycles. The molecule has 0 saturated carbocycles. The van der Waals surface area contributed by atoms with Crippen molar-refractivity contribution in [1.82, 2.24) is 9.78 Å². The van der Waals surface area contributed by atoms with E-state index in [0.717, 1.165) is 11.4 Å². The number of nitrogens with zero attached hydrogens (tertiary/aromatic N) is 2. The minimum absolute atomic E-state index is 0.305. The zero-order valence-corrected chi connectivity index (χ0v) is 8.47. The largest absolute Gasteiger partial charge is 0.321 e. The summed E-state index contributed by atoms with van der Waals surface area (Å²) in [6, 6.07) is 0. The van der Waals surface area contributed by atoms with Crippen LogP contribution in [0.1, 0.15) is 30.8 Å². The molecular weight excluding hydrogens is 150 g/mol. The van der Waals surface area contributed by atoms with Crippen molar-refractivity contribution in [3.8, 4) is 0 Å². The van der Waals surface area contributed by atoms with E-state index in [-0.39, 0.29) is 5.54 Å². The zero-order chi connectivity index (χ0) is 9.52. The van der Waals surface area contributed by atoms with Crippen LogP contribution in [0, 0.1) is 13.8 Å². The standard InChI is InChI=1S/C9H17N3/c1-6-7(2)11-12(5)8(6)9(3,4)10/h10H2,1-5H3. The van der Waals surface area contributed by atoms with Gasteiger partial charge in [0.25, 0.3) is 0 Å². The van der Waals surface area contributed by atoms with Gasteiger partial charge in [-0.15, -0.1) is 0 Å². The first-order chi connectivity index (χ1) is 5.34. The molecule has 3 nitrogen and oxygen atoms in total. The molecule has 0 aliphatic carbocycles. The van der Waals surface area contributed by atoms with Crippen LogP contribution in [-0.4, -0.2) is 9.78 Å². The third-order valence-corrected chi connectivity index (χ3v) is 2.13. The van der Waals surface area contributed by atoms with Gasteiger partial charge >= 0.3 is 0 Å². The fraction of sp³-hybridized carbons (Fsp3) is 0.667. The molecule has 12 heavy (non-hydrogen) atoms. The highest BCUT2D eigenvalue weighted by molar-refractivity contribution is 5.28. The second kappa shape index (κ2) is 2.59. The van der Waals surface area contributed by atoms with Crippen LogP contribution < -0.4 is 5.73 Å². The summed E-state index contributed by atoms with van der Waals surface area (Å²) in [5, 5.41) is 4.31. The lowest BCUT2D eigenvalue weighted by molar-refractivity contribution is 0.494. The van der Waals surface area contributed by atoms with Crippen molar-refractivity contribution in [3.63, 3.8) is 0 Å². The fourth-order valence-electron chi connectivity index (χ4n) is 1.66. The lowest BCUT2D eigenvalue weighted by atomic mass is 9.98. The Hall–Kier alpha value is -0.830. The molecule has 2 N–H and O–H groups in total. The predicted octanol–water partition coefficient (Wildman–Crippen LogP) is 1.23. The van der Waals surface area contributed by atoms with Crippen LogP contribution >= 0.6 is 0 Å². The van der Waals surface area contributed by atoms with E-state index in [1.165, 1.54) is 5.56 Å². The quantitative estimate of drug-likeness (QED) is 0.683. The first-order valence-corrected chi connectivity index (χ1v) is 4.13. The topological polar surface area (TPSA) is 43.8 Å². The van der Waals surface area contributed by atoms with Crippen molar-refractivity contribution >= 4 is 0 Å². The first kappa shape index (κ1) is 9.26. The minimum atomic E-state index is -0.305. The van der Waals surface area contributed by atoms with Crippen LogP contribution in [-0.2, 0) is 12.6 Å². The summed E-state index contributed by atoms with van der Waals surface area (Å²) in [6.07, 6.45) is 0. The SMILES string of the molecule is Cc1nn(C)c(C(C)(C)N)c1C.